The normalized spacial score (nSPS) is 12.2. The largest absolute Gasteiger partial charge is 0.354 e. The molecule has 8 heteroatoms. The van der Waals surface area contributed by atoms with Gasteiger partial charge in [0.25, 0.3) is 5.56 Å². The fourth-order valence-electron chi connectivity index (χ4n) is 4.53. The third-order valence-corrected chi connectivity index (χ3v) is 6.44. The van der Waals surface area contributed by atoms with Crippen molar-refractivity contribution in [1.82, 2.24) is 29.8 Å². The maximum Gasteiger partial charge on any atom is 0.278 e. The fraction of sp³-hybridized carbons (Fsp3) is 0.357. The second-order valence-corrected chi connectivity index (χ2v) is 9.18. The molecule has 8 nitrogen and oxygen atoms in total. The zero-order valence-electron chi connectivity index (χ0n) is 21.4. The highest BCUT2D eigenvalue weighted by Crippen LogP contribution is 2.21. The summed E-state index contributed by atoms with van der Waals surface area (Å²) in [5.41, 5.74) is 3.76. The van der Waals surface area contributed by atoms with Crippen LogP contribution in [-0.4, -0.2) is 50.5 Å². The summed E-state index contributed by atoms with van der Waals surface area (Å²) in [6.07, 6.45) is 1.28. The molecule has 0 spiro atoms. The number of fused-ring (bicyclic) bond motifs is 1. The number of hydrogen-bond acceptors (Lipinski definition) is 5. The van der Waals surface area contributed by atoms with Gasteiger partial charge in [0.1, 0.15) is 11.6 Å². The molecule has 2 aromatic carbocycles. The van der Waals surface area contributed by atoms with Crippen molar-refractivity contribution in [3.05, 3.63) is 88.0 Å². The SMILES string of the molecule is CC[C@H](C(=O)NCCCN(C)Cc1ccccc1)n1nc(C)c2nn(-c3ccccc3)c(C)c2c1=O. The summed E-state index contributed by atoms with van der Waals surface area (Å²) in [5, 5.41) is 12.7. The van der Waals surface area contributed by atoms with Gasteiger partial charge in [-0.05, 0) is 58.0 Å². The smallest absolute Gasteiger partial charge is 0.278 e. The van der Waals surface area contributed by atoms with Crippen LogP contribution in [0.2, 0.25) is 0 Å². The third-order valence-electron chi connectivity index (χ3n) is 6.44. The van der Waals surface area contributed by atoms with E-state index in [4.69, 9.17) is 0 Å². The van der Waals surface area contributed by atoms with Crippen LogP contribution in [0.3, 0.4) is 0 Å². The van der Waals surface area contributed by atoms with Gasteiger partial charge in [-0.2, -0.15) is 10.2 Å². The second-order valence-electron chi connectivity index (χ2n) is 9.18. The van der Waals surface area contributed by atoms with E-state index in [1.54, 1.807) is 4.68 Å². The predicted octanol–water partition coefficient (Wildman–Crippen LogP) is 3.79. The molecule has 1 atom stereocenters. The van der Waals surface area contributed by atoms with Crippen molar-refractivity contribution in [1.29, 1.82) is 0 Å². The lowest BCUT2D eigenvalue weighted by Crippen LogP contribution is -2.39. The van der Waals surface area contributed by atoms with Gasteiger partial charge in [-0.25, -0.2) is 9.36 Å². The van der Waals surface area contributed by atoms with Crippen LogP contribution in [0.15, 0.2) is 65.5 Å². The molecular formula is C28H34N6O2. The van der Waals surface area contributed by atoms with Crippen LogP contribution in [0.5, 0.6) is 0 Å². The van der Waals surface area contributed by atoms with Gasteiger partial charge >= 0.3 is 0 Å². The van der Waals surface area contributed by atoms with E-state index >= 15 is 0 Å². The van der Waals surface area contributed by atoms with Crippen molar-refractivity contribution in [2.45, 2.75) is 46.2 Å². The molecule has 1 amide bonds. The predicted molar refractivity (Wildman–Crippen MR) is 142 cm³/mol. The summed E-state index contributed by atoms with van der Waals surface area (Å²) in [4.78, 5) is 28.8. The maximum absolute atomic E-state index is 13.5. The van der Waals surface area contributed by atoms with Gasteiger partial charge in [-0.1, -0.05) is 55.5 Å². The highest BCUT2D eigenvalue weighted by Gasteiger charge is 2.25. The van der Waals surface area contributed by atoms with Gasteiger partial charge in [0.05, 0.1) is 22.5 Å². The zero-order valence-corrected chi connectivity index (χ0v) is 21.4. The molecule has 2 heterocycles. The molecular weight excluding hydrogens is 452 g/mol. The number of aromatic nitrogens is 4. The summed E-state index contributed by atoms with van der Waals surface area (Å²) in [5.74, 6) is -0.190. The molecule has 4 aromatic rings. The monoisotopic (exact) mass is 486 g/mol. The van der Waals surface area contributed by atoms with Gasteiger partial charge in [0, 0.05) is 13.1 Å². The first-order chi connectivity index (χ1) is 17.4. The molecule has 2 aromatic heterocycles. The maximum atomic E-state index is 13.5. The molecule has 0 aliphatic carbocycles. The van der Waals surface area contributed by atoms with Crippen molar-refractivity contribution in [2.75, 3.05) is 20.1 Å². The first kappa shape index (κ1) is 25.3. The van der Waals surface area contributed by atoms with E-state index in [1.807, 2.05) is 69.3 Å². The van der Waals surface area contributed by atoms with E-state index in [0.717, 1.165) is 30.9 Å². The van der Waals surface area contributed by atoms with Crippen LogP contribution in [-0.2, 0) is 11.3 Å². The lowest BCUT2D eigenvalue weighted by molar-refractivity contribution is -0.124. The number of rotatable bonds is 10. The van der Waals surface area contributed by atoms with Crippen molar-refractivity contribution < 1.29 is 4.79 Å². The Hall–Kier alpha value is -3.78. The minimum atomic E-state index is -0.679. The number of aryl methyl sites for hydroxylation is 2. The molecule has 0 unspecified atom stereocenters. The van der Waals surface area contributed by atoms with E-state index in [9.17, 15) is 9.59 Å². The Morgan fingerprint density at radius 2 is 1.69 bits per heavy atom. The van der Waals surface area contributed by atoms with Crippen LogP contribution in [0.25, 0.3) is 16.6 Å². The Labute approximate surface area is 211 Å². The first-order valence-electron chi connectivity index (χ1n) is 12.4. The lowest BCUT2D eigenvalue weighted by Gasteiger charge is -2.19. The van der Waals surface area contributed by atoms with Crippen molar-refractivity contribution >= 4 is 16.8 Å². The topological polar surface area (TPSA) is 85.1 Å². The molecule has 0 aliphatic heterocycles. The second kappa shape index (κ2) is 11.3. The van der Waals surface area contributed by atoms with E-state index in [0.29, 0.717) is 29.6 Å². The average Bonchev–Trinajstić information content (AvgIpc) is 3.24. The van der Waals surface area contributed by atoms with Gasteiger partial charge < -0.3 is 10.2 Å². The lowest BCUT2D eigenvalue weighted by atomic mass is 10.2. The summed E-state index contributed by atoms with van der Waals surface area (Å²) in [6.45, 7) is 7.85. The van der Waals surface area contributed by atoms with Crippen molar-refractivity contribution in [2.24, 2.45) is 0 Å². The van der Waals surface area contributed by atoms with E-state index in [2.05, 4.69) is 39.6 Å². The Bertz CT molecular complexity index is 1380. The number of amides is 1. The number of nitrogens with zero attached hydrogens (tertiary/aromatic N) is 5. The molecule has 0 bridgehead atoms. The quantitative estimate of drug-likeness (QED) is 0.345. The van der Waals surface area contributed by atoms with Gasteiger partial charge in [0.2, 0.25) is 5.91 Å². The molecule has 4 rings (SSSR count). The fourth-order valence-corrected chi connectivity index (χ4v) is 4.53. The van der Waals surface area contributed by atoms with Gasteiger partial charge in [-0.3, -0.25) is 9.59 Å². The van der Waals surface area contributed by atoms with Crippen LogP contribution in [0.4, 0.5) is 0 Å². The molecule has 0 aliphatic rings. The molecule has 0 saturated carbocycles. The number of carbonyl (C=O) groups is 1. The minimum absolute atomic E-state index is 0.190. The highest BCUT2D eigenvalue weighted by molar-refractivity contribution is 5.84. The van der Waals surface area contributed by atoms with Crippen LogP contribution >= 0.6 is 0 Å². The highest BCUT2D eigenvalue weighted by atomic mass is 16.2. The first-order valence-corrected chi connectivity index (χ1v) is 12.4. The van der Waals surface area contributed by atoms with Crippen LogP contribution in [0.1, 0.15) is 42.8 Å². The van der Waals surface area contributed by atoms with E-state index < -0.39 is 6.04 Å². The summed E-state index contributed by atoms with van der Waals surface area (Å²) in [6, 6.07) is 19.3. The molecule has 0 saturated heterocycles. The molecule has 1 N–H and O–H groups in total. The number of para-hydroxylation sites is 1. The Balaban J connectivity index is 1.46. The summed E-state index contributed by atoms with van der Waals surface area (Å²) in [7, 11) is 2.07. The minimum Gasteiger partial charge on any atom is -0.354 e. The van der Waals surface area contributed by atoms with Gasteiger partial charge in [-0.15, -0.1) is 0 Å². The Morgan fingerprint density at radius 1 is 1.03 bits per heavy atom. The van der Waals surface area contributed by atoms with Crippen LogP contribution in [0, 0.1) is 13.8 Å². The Morgan fingerprint density at radius 3 is 2.36 bits per heavy atom. The summed E-state index contributed by atoms with van der Waals surface area (Å²) < 4.78 is 3.09. The van der Waals surface area contributed by atoms with E-state index in [1.165, 1.54) is 10.2 Å². The number of hydrogen-bond donors (Lipinski definition) is 1. The third kappa shape index (κ3) is 5.39. The van der Waals surface area contributed by atoms with E-state index in [-0.39, 0.29) is 11.5 Å². The van der Waals surface area contributed by atoms with Gasteiger partial charge in [0.15, 0.2) is 0 Å². The number of benzene rings is 2. The number of nitrogens with one attached hydrogen (secondary N) is 1. The molecule has 188 valence electrons. The summed E-state index contributed by atoms with van der Waals surface area (Å²) >= 11 is 0. The van der Waals surface area contributed by atoms with Crippen molar-refractivity contribution in [3.63, 3.8) is 0 Å². The standard InChI is InChI=1S/C28H34N6O2/c1-5-24(27(35)29-17-12-18-32(4)19-22-13-8-6-9-14-22)34-28(36)25-21(3)33(23-15-10-7-11-16-23)31-26(25)20(2)30-34/h6-11,13-16,24H,5,12,17-19H2,1-4H3,(H,29,35)/t24-/m1/s1. The number of carbonyl (C=O) groups excluding carboxylic acids is 1. The van der Waals surface area contributed by atoms with Crippen LogP contribution < -0.4 is 10.9 Å². The molecule has 0 radical (unpaired) electrons. The molecule has 0 fully saturated rings. The molecule has 36 heavy (non-hydrogen) atoms. The zero-order chi connectivity index (χ0) is 25.7. The Kier molecular flexibility index (Phi) is 7.95. The average molecular weight is 487 g/mol. The van der Waals surface area contributed by atoms with Crippen molar-refractivity contribution in [3.8, 4) is 5.69 Å².